The lowest BCUT2D eigenvalue weighted by Gasteiger charge is -2.09. The number of nitrogens with one attached hydrogen (secondary N) is 1. The zero-order valence-corrected chi connectivity index (χ0v) is 12.1. The fourth-order valence-electron chi connectivity index (χ4n) is 1.60. The summed E-state index contributed by atoms with van der Waals surface area (Å²) in [6.45, 7) is 2.70. The quantitative estimate of drug-likeness (QED) is 0.820. The lowest BCUT2D eigenvalue weighted by Crippen LogP contribution is -2.00. The van der Waals surface area contributed by atoms with Crippen molar-refractivity contribution in [3.05, 3.63) is 62.8 Å². The van der Waals surface area contributed by atoms with Crippen LogP contribution in [0.2, 0.25) is 5.02 Å². The standard InChI is InChI=1S/C14H12BrClFN/c1-9-2-3-10(12(15)6-9)8-18-11-4-5-14(17)13(16)7-11/h2-7,18H,8H2,1H3. The second-order valence-electron chi connectivity index (χ2n) is 4.08. The molecule has 0 saturated heterocycles. The summed E-state index contributed by atoms with van der Waals surface area (Å²) in [6, 6.07) is 10.8. The van der Waals surface area contributed by atoms with Crippen LogP contribution < -0.4 is 5.32 Å². The van der Waals surface area contributed by atoms with Crippen LogP contribution in [-0.4, -0.2) is 0 Å². The maximum atomic E-state index is 13.0. The van der Waals surface area contributed by atoms with Crippen molar-refractivity contribution in [3.63, 3.8) is 0 Å². The van der Waals surface area contributed by atoms with Crippen molar-refractivity contribution in [2.24, 2.45) is 0 Å². The maximum absolute atomic E-state index is 13.0. The number of rotatable bonds is 3. The van der Waals surface area contributed by atoms with Crippen LogP contribution in [-0.2, 0) is 6.54 Å². The molecule has 94 valence electrons. The van der Waals surface area contributed by atoms with Gasteiger partial charge in [-0.15, -0.1) is 0 Å². The van der Waals surface area contributed by atoms with E-state index >= 15 is 0 Å². The number of hydrogen-bond donors (Lipinski definition) is 1. The molecule has 2 rings (SSSR count). The van der Waals surface area contributed by atoms with Gasteiger partial charge in [0.25, 0.3) is 0 Å². The normalized spacial score (nSPS) is 10.4. The van der Waals surface area contributed by atoms with E-state index in [1.165, 1.54) is 11.6 Å². The minimum Gasteiger partial charge on any atom is -0.381 e. The van der Waals surface area contributed by atoms with Gasteiger partial charge in [0.1, 0.15) is 5.82 Å². The zero-order valence-electron chi connectivity index (χ0n) is 9.81. The first-order valence-corrected chi connectivity index (χ1v) is 6.67. The summed E-state index contributed by atoms with van der Waals surface area (Å²) < 4.78 is 14.1. The number of hydrogen-bond acceptors (Lipinski definition) is 1. The van der Waals surface area contributed by atoms with Crippen LogP contribution >= 0.6 is 27.5 Å². The molecule has 0 unspecified atom stereocenters. The Morgan fingerprint density at radius 2 is 2.00 bits per heavy atom. The Hall–Kier alpha value is -1.06. The molecule has 0 aliphatic rings. The van der Waals surface area contributed by atoms with E-state index in [0.29, 0.717) is 6.54 Å². The molecule has 0 heterocycles. The highest BCUT2D eigenvalue weighted by atomic mass is 79.9. The summed E-state index contributed by atoms with van der Waals surface area (Å²) in [5, 5.41) is 3.34. The van der Waals surface area contributed by atoms with Crippen molar-refractivity contribution in [1.29, 1.82) is 0 Å². The van der Waals surface area contributed by atoms with Crippen molar-refractivity contribution in [1.82, 2.24) is 0 Å². The van der Waals surface area contributed by atoms with Gasteiger partial charge < -0.3 is 5.32 Å². The molecule has 18 heavy (non-hydrogen) atoms. The van der Waals surface area contributed by atoms with Crippen LogP contribution in [0.4, 0.5) is 10.1 Å². The second kappa shape index (κ2) is 5.72. The second-order valence-corrected chi connectivity index (χ2v) is 5.34. The van der Waals surface area contributed by atoms with Gasteiger partial charge in [-0.25, -0.2) is 4.39 Å². The van der Waals surface area contributed by atoms with Gasteiger partial charge in [0.15, 0.2) is 0 Å². The molecule has 1 nitrogen and oxygen atoms in total. The third kappa shape index (κ3) is 3.24. The van der Waals surface area contributed by atoms with Gasteiger partial charge in [0, 0.05) is 16.7 Å². The van der Waals surface area contributed by atoms with Crippen molar-refractivity contribution in [2.75, 3.05) is 5.32 Å². The van der Waals surface area contributed by atoms with E-state index in [0.717, 1.165) is 15.7 Å². The van der Waals surface area contributed by atoms with Gasteiger partial charge in [0.05, 0.1) is 5.02 Å². The summed E-state index contributed by atoms with van der Waals surface area (Å²) in [5.41, 5.74) is 3.14. The Labute approximate surface area is 119 Å². The monoisotopic (exact) mass is 327 g/mol. The van der Waals surface area contributed by atoms with Crippen molar-refractivity contribution < 1.29 is 4.39 Å². The number of aryl methyl sites for hydroxylation is 1. The Morgan fingerprint density at radius 3 is 2.67 bits per heavy atom. The van der Waals surface area contributed by atoms with E-state index in [2.05, 4.69) is 39.4 Å². The van der Waals surface area contributed by atoms with Gasteiger partial charge in [-0.1, -0.05) is 39.7 Å². The van der Waals surface area contributed by atoms with Crippen molar-refractivity contribution in [3.8, 4) is 0 Å². The molecule has 0 fully saturated rings. The molecule has 0 amide bonds. The van der Waals surface area contributed by atoms with Crippen LogP contribution in [0, 0.1) is 12.7 Å². The summed E-state index contributed by atoms with van der Waals surface area (Å²) in [6.07, 6.45) is 0. The minimum atomic E-state index is -0.404. The SMILES string of the molecule is Cc1ccc(CNc2ccc(F)c(Cl)c2)c(Br)c1. The first-order valence-electron chi connectivity index (χ1n) is 5.50. The lowest BCUT2D eigenvalue weighted by molar-refractivity contribution is 0.628. The Balaban J connectivity index is 2.09. The maximum Gasteiger partial charge on any atom is 0.141 e. The van der Waals surface area contributed by atoms with Crippen LogP contribution in [0.3, 0.4) is 0 Å². The molecule has 0 spiro atoms. The molecule has 1 N–H and O–H groups in total. The molecular weight excluding hydrogens is 317 g/mol. The van der Waals surface area contributed by atoms with E-state index in [4.69, 9.17) is 11.6 Å². The minimum absolute atomic E-state index is 0.128. The molecule has 0 aliphatic heterocycles. The third-order valence-electron chi connectivity index (χ3n) is 2.61. The highest BCUT2D eigenvalue weighted by Crippen LogP contribution is 2.22. The molecule has 2 aromatic rings. The molecular formula is C14H12BrClFN. The van der Waals surface area contributed by atoms with Crippen molar-refractivity contribution in [2.45, 2.75) is 13.5 Å². The average Bonchev–Trinajstić information content (AvgIpc) is 2.32. The predicted octanol–water partition coefficient (Wildman–Crippen LogP) is 5.16. The Morgan fingerprint density at radius 1 is 1.22 bits per heavy atom. The Bertz CT molecular complexity index is 572. The molecule has 0 saturated carbocycles. The highest BCUT2D eigenvalue weighted by Gasteiger charge is 2.03. The smallest absolute Gasteiger partial charge is 0.141 e. The van der Waals surface area contributed by atoms with Crippen LogP contribution in [0.1, 0.15) is 11.1 Å². The summed E-state index contributed by atoms with van der Waals surface area (Å²) >= 11 is 9.24. The topological polar surface area (TPSA) is 12.0 Å². The molecule has 0 atom stereocenters. The number of halogens is 3. The van der Waals surface area contributed by atoms with E-state index in [9.17, 15) is 4.39 Å². The van der Waals surface area contributed by atoms with Crippen LogP contribution in [0.15, 0.2) is 40.9 Å². The molecule has 0 radical (unpaired) electrons. The highest BCUT2D eigenvalue weighted by molar-refractivity contribution is 9.10. The molecule has 0 bridgehead atoms. The van der Waals surface area contributed by atoms with E-state index in [-0.39, 0.29) is 5.02 Å². The van der Waals surface area contributed by atoms with Gasteiger partial charge in [-0.2, -0.15) is 0 Å². The van der Waals surface area contributed by atoms with E-state index in [1.54, 1.807) is 12.1 Å². The average molecular weight is 329 g/mol. The largest absolute Gasteiger partial charge is 0.381 e. The summed E-state index contributed by atoms with van der Waals surface area (Å²) in [5.74, 6) is -0.404. The van der Waals surface area contributed by atoms with E-state index < -0.39 is 5.82 Å². The first kappa shape index (κ1) is 13.4. The van der Waals surface area contributed by atoms with Crippen LogP contribution in [0.25, 0.3) is 0 Å². The van der Waals surface area contributed by atoms with Gasteiger partial charge in [-0.3, -0.25) is 0 Å². The summed E-state index contributed by atoms with van der Waals surface area (Å²) in [4.78, 5) is 0. The zero-order chi connectivity index (χ0) is 13.1. The molecule has 0 aromatic heterocycles. The first-order chi connectivity index (χ1) is 8.56. The predicted molar refractivity (Wildman–Crippen MR) is 77.6 cm³/mol. The molecule has 0 aliphatic carbocycles. The molecule has 2 aromatic carbocycles. The van der Waals surface area contributed by atoms with Gasteiger partial charge in [-0.05, 0) is 42.3 Å². The third-order valence-corrected chi connectivity index (χ3v) is 3.64. The van der Waals surface area contributed by atoms with Gasteiger partial charge >= 0.3 is 0 Å². The fourth-order valence-corrected chi connectivity index (χ4v) is 2.41. The van der Waals surface area contributed by atoms with Crippen molar-refractivity contribution >= 4 is 33.2 Å². The van der Waals surface area contributed by atoms with Crippen LogP contribution in [0.5, 0.6) is 0 Å². The lowest BCUT2D eigenvalue weighted by atomic mass is 10.1. The number of anilines is 1. The van der Waals surface area contributed by atoms with E-state index in [1.807, 2.05) is 6.92 Å². The molecule has 4 heteroatoms. The Kier molecular flexibility index (Phi) is 4.25. The fraction of sp³-hybridized carbons (Fsp3) is 0.143. The number of benzene rings is 2. The van der Waals surface area contributed by atoms with Gasteiger partial charge in [0.2, 0.25) is 0 Å². The summed E-state index contributed by atoms with van der Waals surface area (Å²) in [7, 11) is 0.